The van der Waals surface area contributed by atoms with Crippen LogP contribution in [0.4, 0.5) is 0 Å². The van der Waals surface area contributed by atoms with Crippen LogP contribution < -0.4 is 5.73 Å². The van der Waals surface area contributed by atoms with Gasteiger partial charge in [-0.1, -0.05) is 25.4 Å². The van der Waals surface area contributed by atoms with Crippen LogP contribution in [0.1, 0.15) is 50.9 Å². The highest BCUT2D eigenvalue weighted by Crippen LogP contribution is 2.40. The number of halogens is 1. The van der Waals surface area contributed by atoms with Crippen LogP contribution >= 0.6 is 11.6 Å². The number of carbonyl (C=O) groups excluding carboxylic acids is 1. The van der Waals surface area contributed by atoms with E-state index in [0.29, 0.717) is 23.9 Å². The molecule has 0 radical (unpaired) electrons. The molecule has 1 aromatic heterocycles. The van der Waals surface area contributed by atoms with E-state index in [1.54, 1.807) is 4.68 Å². The number of aryl methyl sites for hydroxylation is 2. The van der Waals surface area contributed by atoms with Gasteiger partial charge in [0.2, 0.25) is 0 Å². The molecule has 0 bridgehead atoms. The molecule has 1 saturated carbocycles. The Hall–Kier alpha value is -0.870. The first-order valence-electron chi connectivity index (χ1n) is 7.87. The Kier molecular flexibility index (Phi) is 5.10. The summed E-state index contributed by atoms with van der Waals surface area (Å²) in [4.78, 5) is 12.8. The van der Waals surface area contributed by atoms with Gasteiger partial charge in [-0.25, -0.2) is 0 Å². The van der Waals surface area contributed by atoms with Crippen LogP contribution in [0.2, 0.25) is 5.02 Å². The van der Waals surface area contributed by atoms with Crippen LogP contribution in [-0.4, -0.2) is 22.1 Å². The van der Waals surface area contributed by atoms with Crippen molar-refractivity contribution in [2.75, 3.05) is 6.54 Å². The second-order valence-electron chi connectivity index (χ2n) is 6.45. The van der Waals surface area contributed by atoms with Crippen molar-refractivity contribution in [3.63, 3.8) is 0 Å². The van der Waals surface area contributed by atoms with Gasteiger partial charge in [-0.15, -0.1) is 0 Å². The van der Waals surface area contributed by atoms with Gasteiger partial charge < -0.3 is 5.73 Å². The minimum atomic E-state index is -0.355. The van der Waals surface area contributed by atoms with E-state index in [-0.39, 0.29) is 11.2 Å². The second kappa shape index (κ2) is 6.49. The molecule has 1 aromatic rings. The molecule has 5 heteroatoms. The number of carbonyl (C=O) groups is 1. The summed E-state index contributed by atoms with van der Waals surface area (Å²) in [7, 11) is 1.85. The fourth-order valence-corrected chi connectivity index (χ4v) is 3.62. The smallest absolute Gasteiger partial charge is 0.146 e. The average Bonchev–Trinajstić information content (AvgIpc) is 2.75. The molecule has 2 N–H and O–H groups in total. The van der Waals surface area contributed by atoms with Gasteiger partial charge in [-0.3, -0.25) is 9.48 Å². The van der Waals surface area contributed by atoms with Crippen LogP contribution in [0.5, 0.6) is 0 Å². The van der Waals surface area contributed by atoms with Crippen LogP contribution in [0.3, 0.4) is 0 Å². The van der Waals surface area contributed by atoms with E-state index in [2.05, 4.69) is 12.0 Å². The summed E-state index contributed by atoms with van der Waals surface area (Å²) in [5, 5.41) is 5.03. The molecule has 4 nitrogen and oxygen atoms in total. The number of hydrogen-bond acceptors (Lipinski definition) is 3. The van der Waals surface area contributed by atoms with E-state index < -0.39 is 0 Å². The molecule has 21 heavy (non-hydrogen) atoms. The summed E-state index contributed by atoms with van der Waals surface area (Å²) in [6.07, 6.45) is 5.10. The molecule has 1 aliphatic rings. The maximum absolute atomic E-state index is 12.8. The highest BCUT2D eigenvalue weighted by Gasteiger charge is 2.39. The lowest BCUT2D eigenvalue weighted by Gasteiger charge is -2.37. The number of aromatic nitrogens is 2. The molecule has 0 spiro atoms. The summed E-state index contributed by atoms with van der Waals surface area (Å²) in [6.45, 7) is 4.70. The van der Waals surface area contributed by atoms with Gasteiger partial charge in [0.15, 0.2) is 0 Å². The zero-order valence-corrected chi connectivity index (χ0v) is 14.0. The zero-order valence-electron chi connectivity index (χ0n) is 13.3. The molecule has 0 saturated heterocycles. The van der Waals surface area contributed by atoms with Crippen LogP contribution in [0.15, 0.2) is 0 Å². The lowest BCUT2D eigenvalue weighted by molar-refractivity contribution is -0.129. The zero-order chi connectivity index (χ0) is 15.6. The predicted molar refractivity (Wildman–Crippen MR) is 85.4 cm³/mol. The van der Waals surface area contributed by atoms with E-state index in [1.807, 2.05) is 14.0 Å². The van der Waals surface area contributed by atoms with Crippen LogP contribution in [-0.2, 0) is 24.7 Å². The number of ketones is 1. The lowest BCUT2D eigenvalue weighted by Crippen LogP contribution is -2.42. The van der Waals surface area contributed by atoms with Gasteiger partial charge in [0, 0.05) is 19.0 Å². The molecule has 1 fully saturated rings. The largest absolute Gasteiger partial charge is 0.329 e. The first-order valence-corrected chi connectivity index (χ1v) is 8.25. The van der Waals surface area contributed by atoms with Crippen molar-refractivity contribution in [2.24, 2.45) is 24.1 Å². The first kappa shape index (κ1) is 16.5. The Morgan fingerprint density at radius 3 is 2.57 bits per heavy atom. The summed E-state index contributed by atoms with van der Waals surface area (Å²) in [5.74, 6) is 0.925. The normalized spacial score (nSPS) is 26.0. The third kappa shape index (κ3) is 3.16. The van der Waals surface area contributed by atoms with Crippen molar-refractivity contribution in [2.45, 2.75) is 52.4 Å². The topological polar surface area (TPSA) is 60.9 Å². The molecule has 1 aliphatic carbocycles. The molecule has 1 heterocycles. The minimum absolute atomic E-state index is 0.226. The SMILES string of the molecule is CCc1nn(C)c(CC(=O)C2(CN)CCC(C)CC2)c1Cl. The van der Waals surface area contributed by atoms with Gasteiger partial charge in [0.05, 0.1) is 22.8 Å². The highest BCUT2D eigenvalue weighted by molar-refractivity contribution is 6.32. The first-order chi connectivity index (χ1) is 9.93. The average molecular weight is 312 g/mol. The van der Waals surface area contributed by atoms with E-state index in [0.717, 1.165) is 43.5 Å². The third-order valence-electron chi connectivity index (χ3n) is 5.04. The van der Waals surface area contributed by atoms with Crippen LogP contribution in [0, 0.1) is 11.3 Å². The Bertz CT molecular complexity index is 516. The van der Waals surface area contributed by atoms with Gasteiger partial charge >= 0.3 is 0 Å². The Morgan fingerprint density at radius 2 is 2.10 bits per heavy atom. The van der Waals surface area contributed by atoms with Gasteiger partial charge in [0.1, 0.15) is 5.78 Å². The number of rotatable bonds is 5. The van der Waals surface area contributed by atoms with E-state index >= 15 is 0 Å². The van der Waals surface area contributed by atoms with Gasteiger partial charge in [0.25, 0.3) is 0 Å². The van der Waals surface area contributed by atoms with E-state index in [9.17, 15) is 4.79 Å². The molecule has 0 unspecified atom stereocenters. The van der Waals surface area contributed by atoms with Crippen molar-refractivity contribution in [1.29, 1.82) is 0 Å². The maximum Gasteiger partial charge on any atom is 0.146 e. The Morgan fingerprint density at radius 1 is 1.48 bits per heavy atom. The summed E-state index contributed by atoms with van der Waals surface area (Å²) in [5.41, 5.74) is 7.30. The molecule has 2 rings (SSSR count). The number of nitrogens with zero attached hydrogens (tertiary/aromatic N) is 2. The summed E-state index contributed by atoms with van der Waals surface area (Å²) < 4.78 is 1.74. The molecular weight excluding hydrogens is 286 g/mol. The molecule has 0 amide bonds. The Labute approximate surface area is 132 Å². The highest BCUT2D eigenvalue weighted by atomic mass is 35.5. The van der Waals surface area contributed by atoms with Crippen molar-refractivity contribution in [3.8, 4) is 0 Å². The standard InChI is InChI=1S/C16H26ClN3O/c1-4-12-15(17)13(20(3)19-12)9-14(21)16(10-18)7-5-11(2)6-8-16/h11H,4-10,18H2,1-3H3. The fourth-order valence-electron chi connectivity index (χ4n) is 3.26. The second-order valence-corrected chi connectivity index (χ2v) is 6.83. The Balaban J connectivity index is 2.19. The van der Waals surface area contributed by atoms with Gasteiger partial charge in [-0.2, -0.15) is 5.10 Å². The third-order valence-corrected chi connectivity index (χ3v) is 5.48. The number of Topliss-reactive ketones (excluding diaryl/α,β-unsaturated/α-hetero) is 1. The number of hydrogen-bond donors (Lipinski definition) is 1. The molecular formula is C16H26ClN3O. The molecule has 0 atom stereocenters. The van der Waals surface area contributed by atoms with Crippen molar-refractivity contribution in [3.05, 3.63) is 16.4 Å². The van der Waals surface area contributed by atoms with Crippen molar-refractivity contribution < 1.29 is 4.79 Å². The molecule has 118 valence electrons. The van der Waals surface area contributed by atoms with Crippen molar-refractivity contribution >= 4 is 17.4 Å². The monoisotopic (exact) mass is 311 g/mol. The summed E-state index contributed by atoms with van der Waals surface area (Å²) in [6, 6.07) is 0. The number of nitrogens with two attached hydrogens (primary N) is 1. The minimum Gasteiger partial charge on any atom is -0.329 e. The molecule has 0 aromatic carbocycles. The van der Waals surface area contributed by atoms with E-state index in [4.69, 9.17) is 17.3 Å². The quantitative estimate of drug-likeness (QED) is 0.909. The summed E-state index contributed by atoms with van der Waals surface area (Å²) >= 11 is 6.36. The van der Waals surface area contributed by atoms with Crippen molar-refractivity contribution in [1.82, 2.24) is 9.78 Å². The molecule has 0 aliphatic heterocycles. The maximum atomic E-state index is 12.8. The van der Waals surface area contributed by atoms with Crippen LogP contribution in [0.25, 0.3) is 0 Å². The lowest BCUT2D eigenvalue weighted by atomic mass is 9.67. The van der Waals surface area contributed by atoms with Gasteiger partial charge in [-0.05, 0) is 38.0 Å². The van der Waals surface area contributed by atoms with E-state index in [1.165, 1.54) is 0 Å². The predicted octanol–water partition coefficient (Wildman–Crippen LogP) is 2.90. The fraction of sp³-hybridized carbons (Fsp3) is 0.750.